The van der Waals surface area contributed by atoms with E-state index >= 15 is 0 Å². The van der Waals surface area contributed by atoms with Crippen LogP contribution in [0.2, 0.25) is 0 Å². The van der Waals surface area contributed by atoms with Gasteiger partial charge in [0.15, 0.2) is 0 Å². The molecule has 1 aromatic heterocycles. The number of anilines is 3. The van der Waals surface area contributed by atoms with E-state index in [1.165, 1.54) is 76.1 Å². The summed E-state index contributed by atoms with van der Waals surface area (Å²) >= 11 is 1.87. The second kappa shape index (κ2) is 10.8. The Kier molecular flexibility index (Phi) is 6.41. The summed E-state index contributed by atoms with van der Waals surface area (Å²) in [5, 5.41) is 2.66. The van der Waals surface area contributed by atoms with E-state index in [4.69, 9.17) is 0 Å². The Bertz CT molecular complexity index is 2450. The molecule has 2 heterocycles. The standard InChI is InChI=1S/C45H33NS/c1-45(2)39-19-7-8-20-41(39)46(42-24-22-35(29-40(42)45)30-12-4-3-5-13-30)36-17-11-16-33(27-36)31-14-10-15-32(26-31)34-23-25-44-38(28-34)37-18-6-9-21-43(37)47-44/h3-29H,1-2H3. The van der Waals surface area contributed by atoms with Crippen molar-refractivity contribution in [3.05, 3.63) is 175 Å². The van der Waals surface area contributed by atoms with Crippen molar-refractivity contribution in [3.63, 3.8) is 0 Å². The average molecular weight is 620 g/mol. The van der Waals surface area contributed by atoms with Gasteiger partial charge in [-0.2, -0.15) is 0 Å². The van der Waals surface area contributed by atoms with Crippen LogP contribution in [0.3, 0.4) is 0 Å². The fraction of sp³-hybridized carbons (Fsp3) is 0.0667. The van der Waals surface area contributed by atoms with E-state index in [0.29, 0.717) is 0 Å². The molecule has 2 heteroatoms. The van der Waals surface area contributed by atoms with Crippen molar-refractivity contribution in [2.45, 2.75) is 19.3 Å². The molecule has 224 valence electrons. The van der Waals surface area contributed by atoms with Crippen molar-refractivity contribution in [2.24, 2.45) is 0 Å². The molecule has 0 bridgehead atoms. The van der Waals surface area contributed by atoms with Crippen molar-refractivity contribution >= 4 is 48.6 Å². The van der Waals surface area contributed by atoms with Crippen LogP contribution in [0.1, 0.15) is 25.0 Å². The zero-order valence-electron chi connectivity index (χ0n) is 26.4. The molecule has 9 rings (SSSR count). The van der Waals surface area contributed by atoms with Gasteiger partial charge in [0.2, 0.25) is 0 Å². The molecule has 0 atom stereocenters. The minimum atomic E-state index is -0.145. The molecule has 1 nitrogen and oxygen atoms in total. The van der Waals surface area contributed by atoms with E-state index in [-0.39, 0.29) is 5.41 Å². The first-order valence-corrected chi connectivity index (χ1v) is 17.1. The van der Waals surface area contributed by atoms with Gasteiger partial charge in [-0.25, -0.2) is 0 Å². The third kappa shape index (κ3) is 4.60. The Morgan fingerprint density at radius 2 is 1.00 bits per heavy atom. The molecule has 47 heavy (non-hydrogen) atoms. The number of nitrogens with zero attached hydrogens (tertiary/aromatic N) is 1. The highest BCUT2D eigenvalue weighted by Crippen LogP contribution is 2.53. The van der Waals surface area contributed by atoms with Crippen LogP contribution in [0.15, 0.2) is 164 Å². The molecule has 7 aromatic carbocycles. The van der Waals surface area contributed by atoms with Crippen molar-refractivity contribution < 1.29 is 0 Å². The first kappa shape index (κ1) is 27.8. The first-order chi connectivity index (χ1) is 23.0. The summed E-state index contributed by atoms with van der Waals surface area (Å²) in [6.45, 7) is 4.71. The summed E-state index contributed by atoms with van der Waals surface area (Å²) in [5.74, 6) is 0. The smallest absolute Gasteiger partial charge is 0.0503 e. The maximum atomic E-state index is 2.45. The van der Waals surface area contributed by atoms with Gasteiger partial charge in [-0.05, 0) is 99.1 Å². The fourth-order valence-corrected chi connectivity index (χ4v) is 8.49. The number of rotatable bonds is 4. The predicted molar refractivity (Wildman–Crippen MR) is 202 cm³/mol. The summed E-state index contributed by atoms with van der Waals surface area (Å²) in [6, 6.07) is 60.2. The van der Waals surface area contributed by atoms with Gasteiger partial charge < -0.3 is 4.90 Å². The van der Waals surface area contributed by atoms with Crippen molar-refractivity contribution in [2.75, 3.05) is 4.90 Å². The summed E-state index contributed by atoms with van der Waals surface area (Å²) < 4.78 is 2.67. The third-order valence-electron chi connectivity index (χ3n) is 9.85. The number of benzene rings is 7. The van der Waals surface area contributed by atoms with Gasteiger partial charge >= 0.3 is 0 Å². The monoisotopic (exact) mass is 619 g/mol. The molecule has 0 radical (unpaired) electrons. The van der Waals surface area contributed by atoms with Crippen LogP contribution in [0.25, 0.3) is 53.6 Å². The van der Waals surface area contributed by atoms with Crippen LogP contribution in [-0.2, 0) is 5.41 Å². The van der Waals surface area contributed by atoms with Gasteiger partial charge in [0.1, 0.15) is 0 Å². The van der Waals surface area contributed by atoms with E-state index in [0.717, 1.165) is 5.69 Å². The van der Waals surface area contributed by atoms with Gasteiger partial charge in [-0.15, -0.1) is 11.3 Å². The average Bonchev–Trinajstić information content (AvgIpc) is 3.50. The lowest BCUT2D eigenvalue weighted by Gasteiger charge is -2.42. The Morgan fingerprint density at radius 3 is 1.85 bits per heavy atom. The van der Waals surface area contributed by atoms with Crippen LogP contribution in [0, 0.1) is 0 Å². The number of hydrogen-bond acceptors (Lipinski definition) is 2. The van der Waals surface area contributed by atoms with Crippen molar-refractivity contribution in [3.8, 4) is 33.4 Å². The lowest BCUT2D eigenvalue weighted by atomic mass is 9.73. The zero-order chi connectivity index (χ0) is 31.5. The molecule has 0 N–H and O–H groups in total. The van der Waals surface area contributed by atoms with Gasteiger partial charge in [-0.3, -0.25) is 0 Å². The van der Waals surface area contributed by atoms with E-state index < -0.39 is 0 Å². The van der Waals surface area contributed by atoms with Crippen LogP contribution in [0.5, 0.6) is 0 Å². The fourth-order valence-electron chi connectivity index (χ4n) is 7.40. The lowest BCUT2D eigenvalue weighted by Crippen LogP contribution is -2.30. The minimum absolute atomic E-state index is 0.145. The first-order valence-electron chi connectivity index (χ1n) is 16.3. The zero-order valence-corrected chi connectivity index (χ0v) is 27.3. The second-order valence-electron chi connectivity index (χ2n) is 13.0. The Labute approximate surface area is 280 Å². The summed E-state index contributed by atoms with van der Waals surface area (Å²) in [4.78, 5) is 2.45. The number of hydrogen-bond donors (Lipinski definition) is 0. The highest BCUT2D eigenvalue weighted by Gasteiger charge is 2.37. The van der Waals surface area contributed by atoms with Gasteiger partial charge in [0.25, 0.3) is 0 Å². The molecule has 0 fully saturated rings. The Balaban J connectivity index is 1.15. The lowest BCUT2D eigenvalue weighted by molar-refractivity contribution is 0.632. The second-order valence-corrected chi connectivity index (χ2v) is 14.1. The highest BCUT2D eigenvalue weighted by atomic mass is 32.1. The molecule has 0 unspecified atom stereocenters. The SMILES string of the molecule is CC1(C)c2ccccc2N(c2cccc(-c3cccc(-c4ccc5sc6ccccc6c5c4)c3)c2)c2ccc(-c3ccccc3)cc21. The molecule has 8 aromatic rings. The Hall–Kier alpha value is -5.44. The molecular weight excluding hydrogens is 587 g/mol. The van der Waals surface area contributed by atoms with Crippen LogP contribution in [0.4, 0.5) is 17.1 Å². The van der Waals surface area contributed by atoms with Crippen LogP contribution >= 0.6 is 11.3 Å². The van der Waals surface area contributed by atoms with Gasteiger partial charge in [-0.1, -0.05) is 123 Å². The number of fused-ring (bicyclic) bond motifs is 5. The van der Waals surface area contributed by atoms with E-state index in [1.54, 1.807) is 0 Å². The van der Waals surface area contributed by atoms with E-state index in [9.17, 15) is 0 Å². The summed E-state index contributed by atoms with van der Waals surface area (Å²) in [7, 11) is 0. The van der Waals surface area contributed by atoms with Crippen molar-refractivity contribution in [1.82, 2.24) is 0 Å². The molecule has 0 spiro atoms. The third-order valence-corrected chi connectivity index (χ3v) is 11.0. The van der Waals surface area contributed by atoms with Crippen LogP contribution < -0.4 is 4.90 Å². The quantitative estimate of drug-likeness (QED) is 0.189. The van der Waals surface area contributed by atoms with Gasteiger partial charge in [0, 0.05) is 31.3 Å². The molecule has 1 aliphatic heterocycles. The normalized spacial score (nSPS) is 13.4. The maximum Gasteiger partial charge on any atom is 0.0503 e. The molecule has 0 saturated heterocycles. The van der Waals surface area contributed by atoms with Gasteiger partial charge in [0.05, 0.1) is 11.4 Å². The predicted octanol–water partition coefficient (Wildman–Crippen LogP) is 13.2. The molecular formula is C45H33NS. The minimum Gasteiger partial charge on any atom is -0.310 e. The maximum absolute atomic E-state index is 2.45. The summed E-state index contributed by atoms with van der Waals surface area (Å²) in [5.41, 5.74) is 13.5. The topological polar surface area (TPSA) is 3.24 Å². The highest BCUT2D eigenvalue weighted by molar-refractivity contribution is 7.25. The molecule has 0 saturated carbocycles. The van der Waals surface area contributed by atoms with E-state index in [2.05, 4.69) is 183 Å². The number of para-hydroxylation sites is 1. The number of thiophene rings is 1. The largest absolute Gasteiger partial charge is 0.310 e. The molecule has 1 aliphatic rings. The molecule has 0 amide bonds. The van der Waals surface area contributed by atoms with Crippen molar-refractivity contribution in [1.29, 1.82) is 0 Å². The summed E-state index contributed by atoms with van der Waals surface area (Å²) in [6.07, 6.45) is 0. The van der Waals surface area contributed by atoms with Crippen LogP contribution in [-0.4, -0.2) is 0 Å². The van der Waals surface area contributed by atoms with E-state index in [1.807, 2.05) is 11.3 Å². The molecule has 0 aliphatic carbocycles. The Morgan fingerprint density at radius 1 is 0.404 bits per heavy atom.